The van der Waals surface area contributed by atoms with Gasteiger partial charge in [-0.15, -0.1) is 0 Å². The fraction of sp³-hybridized carbons (Fsp3) is 0.381. The Morgan fingerprint density at radius 1 is 1.08 bits per heavy atom. The van der Waals surface area contributed by atoms with E-state index in [1.54, 1.807) is 19.1 Å². The van der Waals surface area contributed by atoms with Gasteiger partial charge in [-0.2, -0.15) is 0 Å². The third kappa shape index (κ3) is 4.19. The Hall–Kier alpha value is -2.36. The predicted octanol–water partition coefficient (Wildman–Crippen LogP) is 4.35. The minimum atomic E-state index is -0.587. The van der Waals surface area contributed by atoms with Gasteiger partial charge in [0.2, 0.25) is 0 Å². The van der Waals surface area contributed by atoms with Crippen molar-refractivity contribution in [1.29, 1.82) is 0 Å². The molecule has 0 aromatic heterocycles. The number of ether oxygens (including phenoxy) is 1. The van der Waals surface area contributed by atoms with Crippen molar-refractivity contribution >= 4 is 5.91 Å². The lowest BCUT2D eigenvalue weighted by Crippen LogP contribution is -2.38. The van der Waals surface area contributed by atoms with Crippen LogP contribution in [0.1, 0.15) is 49.4 Å². The van der Waals surface area contributed by atoms with Crippen LogP contribution < -0.4 is 10.1 Å². The molecule has 25 heavy (non-hydrogen) atoms. The highest BCUT2D eigenvalue weighted by atomic mass is 19.1. The van der Waals surface area contributed by atoms with E-state index in [9.17, 15) is 9.18 Å². The molecule has 0 bridgehead atoms. The van der Waals surface area contributed by atoms with E-state index in [1.807, 2.05) is 19.1 Å². The highest BCUT2D eigenvalue weighted by Gasteiger charge is 2.20. The number of carbonyl (C=O) groups is 1. The van der Waals surface area contributed by atoms with Crippen LogP contribution in [0, 0.1) is 5.82 Å². The summed E-state index contributed by atoms with van der Waals surface area (Å²) in [6, 6.07) is 12.0. The van der Waals surface area contributed by atoms with Gasteiger partial charge in [0.25, 0.3) is 5.91 Å². The molecule has 1 amide bonds. The van der Waals surface area contributed by atoms with Gasteiger partial charge in [0.15, 0.2) is 6.10 Å². The third-order valence-electron chi connectivity index (χ3n) is 4.75. The molecule has 3 nitrogen and oxygen atoms in total. The van der Waals surface area contributed by atoms with Crippen LogP contribution in [-0.2, 0) is 17.6 Å². The summed E-state index contributed by atoms with van der Waals surface area (Å²) in [7, 11) is 0. The van der Waals surface area contributed by atoms with Crippen molar-refractivity contribution in [2.45, 2.75) is 51.7 Å². The largest absolute Gasteiger partial charge is 0.481 e. The molecule has 0 heterocycles. The van der Waals surface area contributed by atoms with Crippen molar-refractivity contribution in [2.75, 3.05) is 0 Å². The van der Waals surface area contributed by atoms with E-state index in [1.165, 1.54) is 29.7 Å². The van der Waals surface area contributed by atoms with Crippen molar-refractivity contribution in [3.05, 3.63) is 65.0 Å². The normalized spacial score (nSPS) is 15.8. The molecule has 132 valence electrons. The lowest BCUT2D eigenvalue weighted by Gasteiger charge is -2.23. The summed E-state index contributed by atoms with van der Waals surface area (Å²) in [6.07, 6.45) is 3.87. The highest BCUT2D eigenvalue weighted by Crippen LogP contribution is 2.30. The molecular formula is C21H24FNO2. The number of aryl methyl sites for hydroxylation is 1. The maximum atomic E-state index is 13.0. The SMILES string of the molecule is C[C@@H](Oc1cccc2c1CCCC2)C(=O)N[C@H](C)c1ccc(F)cc1. The molecule has 0 saturated heterocycles. The lowest BCUT2D eigenvalue weighted by atomic mass is 9.91. The lowest BCUT2D eigenvalue weighted by molar-refractivity contribution is -0.127. The Morgan fingerprint density at radius 3 is 2.56 bits per heavy atom. The van der Waals surface area contributed by atoms with Crippen LogP contribution >= 0.6 is 0 Å². The molecule has 4 heteroatoms. The second kappa shape index (κ2) is 7.68. The first kappa shape index (κ1) is 17.5. The number of amides is 1. The van der Waals surface area contributed by atoms with E-state index in [4.69, 9.17) is 4.74 Å². The first-order valence-corrected chi connectivity index (χ1v) is 8.88. The Balaban J connectivity index is 1.64. The van der Waals surface area contributed by atoms with E-state index in [-0.39, 0.29) is 17.8 Å². The van der Waals surface area contributed by atoms with Gasteiger partial charge in [-0.05, 0) is 74.4 Å². The molecule has 1 N–H and O–H groups in total. The van der Waals surface area contributed by atoms with E-state index in [0.717, 1.165) is 30.6 Å². The zero-order chi connectivity index (χ0) is 17.8. The van der Waals surface area contributed by atoms with Crippen LogP contribution in [0.4, 0.5) is 4.39 Å². The van der Waals surface area contributed by atoms with Crippen LogP contribution in [0.15, 0.2) is 42.5 Å². The first-order chi connectivity index (χ1) is 12.0. The van der Waals surface area contributed by atoms with E-state index < -0.39 is 6.10 Å². The zero-order valence-corrected chi connectivity index (χ0v) is 14.7. The van der Waals surface area contributed by atoms with Crippen LogP contribution in [0.3, 0.4) is 0 Å². The van der Waals surface area contributed by atoms with Gasteiger partial charge < -0.3 is 10.1 Å². The first-order valence-electron chi connectivity index (χ1n) is 8.88. The minimum absolute atomic E-state index is 0.176. The molecule has 0 saturated carbocycles. The second-order valence-electron chi connectivity index (χ2n) is 6.64. The standard InChI is InChI=1S/C21H24FNO2/c1-14(16-10-12-18(22)13-11-16)23-21(24)15(2)25-20-9-5-7-17-6-3-4-8-19(17)20/h5,7,9-15H,3-4,6,8H2,1-2H3,(H,23,24)/t14-,15-/m1/s1. The second-order valence-corrected chi connectivity index (χ2v) is 6.64. The van der Waals surface area contributed by atoms with Gasteiger partial charge in [-0.3, -0.25) is 4.79 Å². The molecule has 2 aromatic rings. The molecule has 1 aliphatic carbocycles. The number of hydrogen-bond donors (Lipinski definition) is 1. The van der Waals surface area contributed by atoms with Gasteiger partial charge >= 0.3 is 0 Å². The van der Waals surface area contributed by atoms with Crippen LogP contribution in [0.2, 0.25) is 0 Å². The van der Waals surface area contributed by atoms with Crippen molar-refractivity contribution in [3.8, 4) is 5.75 Å². The average Bonchev–Trinajstić information content (AvgIpc) is 2.62. The summed E-state index contributed by atoms with van der Waals surface area (Å²) < 4.78 is 19.0. The van der Waals surface area contributed by atoms with Crippen LogP contribution in [0.5, 0.6) is 5.75 Å². The van der Waals surface area contributed by atoms with Crippen molar-refractivity contribution in [3.63, 3.8) is 0 Å². The number of carbonyl (C=O) groups excluding carboxylic acids is 1. The highest BCUT2D eigenvalue weighted by molar-refractivity contribution is 5.81. The number of rotatable bonds is 5. The Labute approximate surface area is 148 Å². The van der Waals surface area contributed by atoms with E-state index >= 15 is 0 Å². The predicted molar refractivity (Wildman–Crippen MR) is 96.1 cm³/mol. The van der Waals surface area contributed by atoms with Gasteiger partial charge in [-0.1, -0.05) is 24.3 Å². The topological polar surface area (TPSA) is 38.3 Å². The van der Waals surface area contributed by atoms with Gasteiger partial charge in [-0.25, -0.2) is 4.39 Å². The molecule has 2 aromatic carbocycles. The number of halogens is 1. The third-order valence-corrected chi connectivity index (χ3v) is 4.75. The fourth-order valence-corrected chi connectivity index (χ4v) is 3.27. The minimum Gasteiger partial charge on any atom is -0.481 e. The van der Waals surface area contributed by atoms with Crippen molar-refractivity contribution in [2.24, 2.45) is 0 Å². The average molecular weight is 341 g/mol. The zero-order valence-electron chi connectivity index (χ0n) is 14.7. The summed E-state index contributed by atoms with van der Waals surface area (Å²) in [4.78, 5) is 12.5. The fourth-order valence-electron chi connectivity index (χ4n) is 3.27. The summed E-state index contributed by atoms with van der Waals surface area (Å²) in [5, 5.41) is 2.93. The Morgan fingerprint density at radius 2 is 1.80 bits per heavy atom. The molecule has 0 radical (unpaired) electrons. The quantitative estimate of drug-likeness (QED) is 0.878. The smallest absolute Gasteiger partial charge is 0.261 e. The Kier molecular flexibility index (Phi) is 5.37. The van der Waals surface area contributed by atoms with E-state index in [0.29, 0.717) is 0 Å². The van der Waals surface area contributed by atoms with Crippen LogP contribution in [0.25, 0.3) is 0 Å². The van der Waals surface area contributed by atoms with Gasteiger partial charge in [0, 0.05) is 0 Å². The van der Waals surface area contributed by atoms with Gasteiger partial charge in [0.05, 0.1) is 6.04 Å². The molecular weight excluding hydrogens is 317 g/mol. The maximum absolute atomic E-state index is 13.0. The summed E-state index contributed by atoms with van der Waals surface area (Å²) in [6.45, 7) is 3.64. The molecule has 2 atom stereocenters. The maximum Gasteiger partial charge on any atom is 0.261 e. The van der Waals surface area contributed by atoms with Crippen molar-refractivity contribution < 1.29 is 13.9 Å². The number of nitrogens with one attached hydrogen (secondary N) is 1. The molecule has 1 aliphatic rings. The molecule has 0 unspecified atom stereocenters. The number of hydrogen-bond acceptors (Lipinski definition) is 2. The van der Waals surface area contributed by atoms with Gasteiger partial charge in [0.1, 0.15) is 11.6 Å². The number of benzene rings is 2. The molecule has 0 spiro atoms. The Bertz CT molecular complexity index is 742. The number of fused-ring (bicyclic) bond motifs is 1. The molecule has 0 fully saturated rings. The van der Waals surface area contributed by atoms with E-state index in [2.05, 4.69) is 11.4 Å². The monoisotopic (exact) mass is 341 g/mol. The summed E-state index contributed by atoms with van der Waals surface area (Å²) >= 11 is 0. The summed E-state index contributed by atoms with van der Waals surface area (Å²) in [5.74, 6) is 0.354. The van der Waals surface area contributed by atoms with Crippen LogP contribution in [-0.4, -0.2) is 12.0 Å². The molecule has 0 aliphatic heterocycles. The van der Waals surface area contributed by atoms with Crippen molar-refractivity contribution in [1.82, 2.24) is 5.32 Å². The molecule has 3 rings (SSSR count). The summed E-state index contributed by atoms with van der Waals surface area (Å²) in [5.41, 5.74) is 3.43.